The molecule has 1 saturated heterocycles. The second-order valence-electron chi connectivity index (χ2n) is 4.33. The average Bonchev–Trinajstić information content (AvgIpc) is 2.32. The molecule has 1 aliphatic rings. The Morgan fingerprint density at radius 3 is 3.00 bits per heavy atom. The molecule has 0 amide bonds. The van der Waals surface area contributed by atoms with E-state index in [0.717, 1.165) is 31.9 Å². The molecule has 0 bridgehead atoms. The number of nitrogens with zero attached hydrogens (tertiary/aromatic N) is 3. The van der Waals surface area contributed by atoms with Crippen molar-refractivity contribution in [3.63, 3.8) is 0 Å². The van der Waals surface area contributed by atoms with Gasteiger partial charge in [0.25, 0.3) is 0 Å². The number of nitrogens with two attached hydrogens (primary N) is 1. The van der Waals surface area contributed by atoms with Crippen molar-refractivity contribution in [3.8, 4) is 0 Å². The molecule has 1 aliphatic heterocycles. The standard InChI is InChI=1S/C11H17ClN4/c12-11-4-3-10(14-15-11)8-16-5-1-2-9(6-13)7-16/h3-4,9H,1-2,5-8,13H2/t9-/m0/s1. The van der Waals surface area contributed by atoms with Crippen molar-refractivity contribution in [1.29, 1.82) is 0 Å². The Bertz CT molecular complexity index is 327. The highest BCUT2D eigenvalue weighted by atomic mass is 35.5. The zero-order chi connectivity index (χ0) is 11.4. The summed E-state index contributed by atoms with van der Waals surface area (Å²) in [6.07, 6.45) is 2.47. The minimum atomic E-state index is 0.447. The molecule has 2 N–H and O–H groups in total. The monoisotopic (exact) mass is 240 g/mol. The fraction of sp³-hybridized carbons (Fsp3) is 0.636. The largest absolute Gasteiger partial charge is 0.330 e. The molecule has 0 aromatic carbocycles. The quantitative estimate of drug-likeness (QED) is 0.866. The first-order valence-electron chi connectivity index (χ1n) is 5.68. The molecule has 1 fully saturated rings. The zero-order valence-corrected chi connectivity index (χ0v) is 10.0. The first-order valence-corrected chi connectivity index (χ1v) is 6.06. The maximum atomic E-state index is 5.71. The van der Waals surface area contributed by atoms with Crippen molar-refractivity contribution in [2.75, 3.05) is 19.6 Å². The van der Waals surface area contributed by atoms with Crippen LogP contribution in [0.2, 0.25) is 5.15 Å². The molecule has 1 aromatic rings. The van der Waals surface area contributed by atoms with Crippen LogP contribution in [0.1, 0.15) is 18.5 Å². The van der Waals surface area contributed by atoms with E-state index in [1.54, 1.807) is 6.07 Å². The van der Waals surface area contributed by atoms with Crippen molar-refractivity contribution < 1.29 is 0 Å². The molecule has 88 valence electrons. The van der Waals surface area contributed by atoms with Crippen LogP contribution < -0.4 is 5.73 Å². The molecule has 1 aromatic heterocycles. The lowest BCUT2D eigenvalue weighted by atomic mass is 9.98. The van der Waals surface area contributed by atoms with Gasteiger partial charge in [0.05, 0.1) is 5.69 Å². The van der Waals surface area contributed by atoms with Gasteiger partial charge in [-0.2, -0.15) is 5.10 Å². The Morgan fingerprint density at radius 2 is 2.31 bits per heavy atom. The molecule has 16 heavy (non-hydrogen) atoms. The SMILES string of the molecule is NC[C@@H]1CCCN(Cc2ccc(Cl)nn2)C1. The van der Waals surface area contributed by atoms with E-state index in [2.05, 4.69) is 15.1 Å². The van der Waals surface area contributed by atoms with Gasteiger partial charge in [0.2, 0.25) is 0 Å². The predicted octanol–water partition coefficient (Wildman–Crippen LogP) is 1.30. The van der Waals surface area contributed by atoms with Crippen LogP contribution in [-0.2, 0) is 6.54 Å². The first-order chi connectivity index (χ1) is 7.78. The molecule has 0 spiro atoms. The van der Waals surface area contributed by atoms with Crippen LogP contribution in [0.25, 0.3) is 0 Å². The maximum absolute atomic E-state index is 5.71. The van der Waals surface area contributed by atoms with Crippen LogP contribution >= 0.6 is 11.6 Å². The lowest BCUT2D eigenvalue weighted by molar-refractivity contribution is 0.169. The van der Waals surface area contributed by atoms with Gasteiger partial charge in [-0.25, -0.2) is 0 Å². The van der Waals surface area contributed by atoms with Gasteiger partial charge < -0.3 is 5.73 Å². The number of aromatic nitrogens is 2. The third-order valence-electron chi connectivity index (χ3n) is 3.01. The molecule has 0 radical (unpaired) electrons. The van der Waals surface area contributed by atoms with Gasteiger partial charge in [0, 0.05) is 13.1 Å². The Morgan fingerprint density at radius 1 is 1.44 bits per heavy atom. The molecule has 5 heteroatoms. The van der Waals surface area contributed by atoms with E-state index in [0.29, 0.717) is 11.1 Å². The minimum absolute atomic E-state index is 0.447. The van der Waals surface area contributed by atoms with Gasteiger partial charge in [-0.15, -0.1) is 5.10 Å². The normalized spacial score (nSPS) is 22.2. The van der Waals surface area contributed by atoms with Crippen molar-refractivity contribution in [2.45, 2.75) is 19.4 Å². The molecule has 0 unspecified atom stereocenters. The molecular formula is C11H17ClN4. The van der Waals surface area contributed by atoms with Gasteiger partial charge in [-0.3, -0.25) is 4.90 Å². The average molecular weight is 241 g/mol. The van der Waals surface area contributed by atoms with Crippen LogP contribution in [0.5, 0.6) is 0 Å². The van der Waals surface area contributed by atoms with Gasteiger partial charge in [0.15, 0.2) is 5.15 Å². The molecule has 1 atom stereocenters. The van der Waals surface area contributed by atoms with E-state index < -0.39 is 0 Å². The summed E-state index contributed by atoms with van der Waals surface area (Å²) in [5.41, 5.74) is 6.68. The molecule has 0 aliphatic carbocycles. The summed E-state index contributed by atoms with van der Waals surface area (Å²) in [5.74, 6) is 0.633. The maximum Gasteiger partial charge on any atom is 0.151 e. The van der Waals surface area contributed by atoms with E-state index in [-0.39, 0.29) is 0 Å². The van der Waals surface area contributed by atoms with Gasteiger partial charge in [0.1, 0.15) is 0 Å². The fourth-order valence-corrected chi connectivity index (χ4v) is 2.25. The highest BCUT2D eigenvalue weighted by Crippen LogP contribution is 2.17. The molecule has 2 rings (SSSR count). The Balaban J connectivity index is 1.91. The molecular weight excluding hydrogens is 224 g/mol. The van der Waals surface area contributed by atoms with Crippen LogP contribution in [0.4, 0.5) is 0 Å². The third-order valence-corrected chi connectivity index (χ3v) is 3.21. The summed E-state index contributed by atoms with van der Waals surface area (Å²) in [6, 6.07) is 3.72. The van der Waals surface area contributed by atoms with E-state index >= 15 is 0 Å². The van der Waals surface area contributed by atoms with Gasteiger partial charge >= 0.3 is 0 Å². The van der Waals surface area contributed by atoms with Crippen molar-refractivity contribution in [2.24, 2.45) is 11.7 Å². The van der Waals surface area contributed by atoms with Crippen molar-refractivity contribution in [1.82, 2.24) is 15.1 Å². The molecule has 0 saturated carbocycles. The number of hydrogen-bond acceptors (Lipinski definition) is 4. The lowest BCUT2D eigenvalue weighted by Crippen LogP contribution is -2.38. The topological polar surface area (TPSA) is 55.0 Å². The van der Waals surface area contributed by atoms with E-state index in [4.69, 9.17) is 17.3 Å². The zero-order valence-electron chi connectivity index (χ0n) is 9.27. The number of hydrogen-bond donors (Lipinski definition) is 1. The number of rotatable bonds is 3. The van der Waals surface area contributed by atoms with Crippen LogP contribution in [0.15, 0.2) is 12.1 Å². The minimum Gasteiger partial charge on any atom is -0.330 e. The van der Waals surface area contributed by atoms with E-state index in [1.165, 1.54) is 12.8 Å². The highest BCUT2D eigenvalue weighted by molar-refractivity contribution is 6.29. The smallest absolute Gasteiger partial charge is 0.151 e. The summed E-state index contributed by atoms with van der Waals surface area (Å²) in [7, 11) is 0. The Hall–Kier alpha value is -0.710. The summed E-state index contributed by atoms with van der Waals surface area (Å²) < 4.78 is 0. The van der Waals surface area contributed by atoms with Crippen LogP contribution in [-0.4, -0.2) is 34.7 Å². The Kier molecular flexibility index (Phi) is 4.09. The number of likely N-dealkylation sites (tertiary alicyclic amines) is 1. The van der Waals surface area contributed by atoms with Gasteiger partial charge in [-0.05, 0) is 44.0 Å². The van der Waals surface area contributed by atoms with Crippen LogP contribution in [0.3, 0.4) is 0 Å². The second-order valence-corrected chi connectivity index (χ2v) is 4.71. The third kappa shape index (κ3) is 3.14. The van der Waals surface area contributed by atoms with E-state index in [1.807, 2.05) is 6.07 Å². The summed E-state index contributed by atoms with van der Waals surface area (Å²) in [5, 5.41) is 8.36. The van der Waals surface area contributed by atoms with Crippen molar-refractivity contribution in [3.05, 3.63) is 23.0 Å². The highest BCUT2D eigenvalue weighted by Gasteiger charge is 2.18. The second kappa shape index (κ2) is 5.57. The van der Waals surface area contributed by atoms with Gasteiger partial charge in [-0.1, -0.05) is 11.6 Å². The summed E-state index contributed by atoms with van der Waals surface area (Å²) in [6.45, 7) is 3.82. The molecule has 4 nitrogen and oxygen atoms in total. The summed E-state index contributed by atoms with van der Waals surface area (Å²) >= 11 is 5.70. The number of piperidine rings is 1. The van der Waals surface area contributed by atoms with Crippen molar-refractivity contribution >= 4 is 11.6 Å². The Labute approximate surface area is 101 Å². The number of halogens is 1. The lowest BCUT2D eigenvalue weighted by Gasteiger charge is -2.31. The molecule has 2 heterocycles. The fourth-order valence-electron chi connectivity index (χ4n) is 2.14. The summed E-state index contributed by atoms with van der Waals surface area (Å²) in [4.78, 5) is 2.39. The first kappa shape index (κ1) is 11.8. The predicted molar refractivity (Wildman–Crippen MR) is 64.1 cm³/mol. The van der Waals surface area contributed by atoms with Crippen LogP contribution in [0, 0.1) is 5.92 Å². The van der Waals surface area contributed by atoms with E-state index in [9.17, 15) is 0 Å².